The van der Waals surface area contributed by atoms with E-state index in [1.54, 1.807) is 12.1 Å². The van der Waals surface area contributed by atoms with Gasteiger partial charge in [0.25, 0.3) is 0 Å². The van der Waals surface area contributed by atoms with Crippen molar-refractivity contribution in [1.82, 2.24) is 0 Å². The fourth-order valence-corrected chi connectivity index (χ4v) is 3.65. The Kier molecular flexibility index (Phi) is 4.00. The molecule has 0 aromatic heterocycles. The fraction of sp³-hybridized carbons (Fsp3) is 0.600. The van der Waals surface area contributed by atoms with Crippen LogP contribution in [0.2, 0.25) is 0 Å². The summed E-state index contributed by atoms with van der Waals surface area (Å²) < 4.78 is 14.2. The van der Waals surface area contributed by atoms with Crippen LogP contribution in [0.15, 0.2) is 22.7 Å². The Morgan fingerprint density at radius 3 is 2.72 bits per heavy atom. The second kappa shape index (κ2) is 5.20. The van der Waals surface area contributed by atoms with E-state index in [0.29, 0.717) is 11.5 Å². The normalized spacial score (nSPS) is 26.9. The van der Waals surface area contributed by atoms with Crippen molar-refractivity contribution in [2.45, 2.75) is 46.1 Å². The molecule has 1 N–H and O–H groups in total. The van der Waals surface area contributed by atoms with Crippen LogP contribution in [0.3, 0.4) is 0 Å². The maximum Gasteiger partial charge on any atom is 0.125 e. The molecule has 0 radical (unpaired) electrons. The van der Waals surface area contributed by atoms with Crippen LogP contribution < -0.4 is 5.32 Å². The van der Waals surface area contributed by atoms with Crippen molar-refractivity contribution in [2.24, 2.45) is 11.3 Å². The Bertz CT molecular complexity index is 431. The van der Waals surface area contributed by atoms with Crippen LogP contribution in [0.25, 0.3) is 0 Å². The minimum absolute atomic E-state index is 0.191. The van der Waals surface area contributed by atoms with E-state index in [1.807, 2.05) is 0 Å². The lowest BCUT2D eigenvalue weighted by Crippen LogP contribution is -2.35. The number of hydrogen-bond acceptors (Lipinski definition) is 1. The first-order valence-electron chi connectivity index (χ1n) is 6.57. The number of anilines is 1. The molecule has 0 spiro atoms. The first-order valence-corrected chi connectivity index (χ1v) is 7.37. The largest absolute Gasteiger partial charge is 0.381 e. The van der Waals surface area contributed by atoms with E-state index in [2.05, 4.69) is 42.0 Å². The standard InChI is InChI=1S/C15H21BrFN/c1-10-6-12(9-15(2,3)8-10)18-14-7-11(17)4-5-13(14)16/h4-5,7,10,12,18H,6,8-9H2,1-3H3. The fourth-order valence-electron chi connectivity index (χ4n) is 3.28. The predicted octanol–water partition coefficient (Wildman–Crippen LogP) is 5.21. The second-order valence-corrected chi connectivity index (χ2v) is 7.23. The zero-order valence-corrected chi connectivity index (χ0v) is 12.8. The molecule has 2 atom stereocenters. The molecule has 3 heteroatoms. The van der Waals surface area contributed by atoms with Crippen LogP contribution in [-0.4, -0.2) is 6.04 Å². The van der Waals surface area contributed by atoms with E-state index >= 15 is 0 Å². The average molecular weight is 314 g/mol. The van der Waals surface area contributed by atoms with Crippen LogP contribution in [-0.2, 0) is 0 Å². The first kappa shape index (κ1) is 13.9. The molecule has 1 aliphatic rings. The van der Waals surface area contributed by atoms with Crippen molar-refractivity contribution in [3.05, 3.63) is 28.5 Å². The first-order chi connectivity index (χ1) is 8.35. The van der Waals surface area contributed by atoms with E-state index < -0.39 is 0 Å². The van der Waals surface area contributed by atoms with Crippen LogP contribution in [0.4, 0.5) is 10.1 Å². The third-order valence-electron chi connectivity index (χ3n) is 3.67. The van der Waals surface area contributed by atoms with Crippen molar-refractivity contribution in [2.75, 3.05) is 5.32 Å². The Balaban J connectivity index is 2.11. The molecule has 1 aliphatic carbocycles. The van der Waals surface area contributed by atoms with E-state index in [1.165, 1.54) is 12.5 Å². The molecule has 1 saturated carbocycles. The molecule has 0 amide bonds. The smallest absolute Gasteiger partial charge is 0.125 e. The van der Waals surface area contributed by atoms with E-state index in [4.69, 9.17) is 0 Å². The van der Waals surface area contributed by atoms with Gasteiger partial charge in [-0.1, -0.05) is 20.8 Å². The molecular weight excluding hydrogens is 293 g/mol. The van der Waals surface area contributed by atoms with Crippen LogP contribution in [0, 0.1) is 17.2 Å². The lowest BCUT2D eigenvalue weighted by molar-refractivity contribution is 0.178. The van der Waals surface area contributed by atoms with Gasteiger partial charge in [-0.05, 0) is 64.7 Å². The zero-order chi connectivity index (χ0) is 13.3. The van der Waals surface area contributed by atoms with E-state index in [0.717, 1.165) is 28.9 Å². The summed E-state index contributed by atoms with van der Waals surface area (Å²) in [6, 6.07) is 5.23. The maximum absolute atomic E-state index is 13.3. The van der Waals surface area contributed by atoms with Gasteiger partial charge in [0.1, 0.15) is 5.82 Å². The van der Waals surface area contributed by atoms with Crippen LogP contribution in [0.5, 0.6) is 0 Å². The van der Waals surface area contributed by atoms with Crippen molar-refractivity contribution in [3.63, 3.8) is 0 Å². The van der Waals surface area contributed by atoms with Crippen molar-refractivity contribution in [1.29, 1.82) is 0 Å². The Morgan fingerprint density at radius 2 is 2.06 bits per heavy atom. The van der Waals surface area contributed by atoms with Gasteiger partial charge in [0.2, 0.25) is 0 Å². The quantitative estimate of drug-likeness (QED) is 0.789. The van der Waals surface area contributed by atoms with Gasteiger partial charge in [-0.3, -0.25) is 0 Å². The highest BCUT2D eigenvalue weighted by Gasteiger charge is 2.32. The third-order valence-corrected chi connectivity index (χ3v) is 4.37. The van der Waals surface area contributed by atoms with E-state index in [-0.39, 0.29) is 5.82 Å². The second-order valence-electron chi connectivity index (χ2n) is 6.38. The summed E-state index contributed by atoms with van der Waals surface area (Å²) in [5.74, 6) is 0.530. The number of halogens is 2. The lowest BCUT2D eigenvalue weighted by Gasteiger charge is -2.39. The maximum atomic E-state index is 13.3. The zero-order valence-electron chi connectivity index (χ0n) is 11.3. The van der Waals surface area contributed by atoms with Crippen LogP contribution in [0.1, 0.15) is 40.0 Å². The summed E-state index contributed by atoms with van der Waals surface area (Å²) in [6.07, 6.45) is 3.57. The summed E-state index contributed by atoms with van der Waals surface area (Å²) in [4.78, 5) is 0. The van der Waals surface area contributed by atoms with Gasteiger partial charge in [0.15, 0.2) is 0 Å². The van der Waals surface area contributed by atoms with Gasteiger partial charge in [-0.15, -0.1) is 0 Å². The van der Waals surface area contributed by atoms with Gasteiger partial charge in [0.05, 0.1) is 5.69 Å². The summed E-state index contributed by atoms with van der Waals surface area (Å²) in [5, 5.41) is 3.49. The molecule has 1 nitrogen and oxygen atoms in total. The minimum atomic E-state index is -0.191. The highest BCUT2D eigenvalue weighted by atomic mass is 79.9. The molecular formula is C15H21BrFN. The summed E-state index contributed by atoms with van der Waals surface area (Å²) >= 11 is 3.47. The molecule has 2 unspecified atom stereocenters. The topological polar surface area (TPSA) is 12.0 Å². The van der Waals surface area contributed by atoms with Gasteiger partial charge in [0, 0.05) is 10.5 Å². The summed E-state index contributed by atoms with van der Waals surface area (Å²) in [7, 11) is 0. The van der Waals surface area contributed by atoms with Gasteiger partial charge < -0.3 is 5.32 Å². The molecule has 1 aromatic carbocycles. The third kappa shape index (κ3) is 3.47. The lowest BCUT2D eigenvalue weighted by atomic mass is 9.70. The van der Waals surface area contributed by atoms with Gasteiger partial charge in [-0.25, -0.2) is 4.39 Å². The number of hydrogen-bond donors (Lipinski definition) is 1. The minimum Gasteiger partial charge on any atom is -0.381 e. The highest BCUT2D eigenvalue weighted by molar-refractivity contribution is 9.10. The van der Waals surface area contributed by atoms with Gasteiger partial charge >= 0.3 is 0 Å². The molecule has 0 heterocycles. The van der Waals surface area contributed by atoms with E-state index in [9.17, 15) is 4.39 Å². The van der Waals surface area contributed by atoms with Crippen LogP contribution >= 0.6 is 15.9 Å². The molecule has 0 bridgehead atoms. The molecule has 1 fully saturated rings. The summed E-state index contributed by atoms with van der Waals surface area (Å²) in [6.45, 7) is 6.94. The molecule has 18 heavy (non-hydrogen) atoms. The highest BCUT2D eigenvalue weighted by Crippen LogP contribution is 2.40. The summed E-state index contributed by atoms with van der Waals surface area (Å²) in [5.41, 5.74) is 1.24. The number of benzene rings is 1. The average Bonchev–Trinajstić information content (AvgIpc) is 2.20. The molecule has 0 aliphatic heterocycles. The Hall–Kier alpha value is -0.570. The van der Waals surface area contributed by atoms with Gasteiger partial charge in [-0.2, -0.15) is 0 Å². The predicted molar refractivity (Wildman–Crippen MR) is 78.3 cm³/mol. The monoisotopic (exact) mass is 313 g/mol. The van der Waals surface area contributed by atoms with Crippen molar-refractivity contribution < 1.29 is 4.39 Å². The molecule has 100 valence electrons. The molecule has 2 rings (SSSR count). The SMILES string of the molecule is CC1CC(Nc2cc(F)ccc2Br)CC(C)(C)C1. The Morgan fingerprint density at radius 1 is 1.33 bits per heavy atom. The molecule has 0 saturated heterocycles. The number of rotatable bonds is 2. The number of nitrogens with one attached hydrogen (secondary N) is 1. The van der Waals surface area contributed by atoms with Crippen molar-refractivity contribution >= 4 is 21.6 Å². The Labute approximate surface area is 117 Å². The van der Waals surface area contributed by atoms with Crippen molar-refractivity contribution in [3.8, 4) is 0 Å². The molecule has 1 aromatic rings.